The molecule has 0 radical (unpaired) electrons. The number of benzene rings is 3. The maximum atomic E-state index is 13.4. The maximum Gasteiger partial charge on any atom is 0.416 e. The van der Waals surface area contributed by atoms with Crippen molar-refractivity contribution in [3.05, 3.63) is 100 Å². The average molecular weight is 487 g/mol. The van der Waals surface area contributed by atoms with E-state index in [4.69, 9.17) is 11.6 Å². The third-order valence-electron chi connectivity index (χ3n) is 5.13. The number of rotatable bonds is 4. The van der Waals surface area contributed by atoms with Gasteiger partial charge < -0.3 is 0 Å². The molecule has 0 spiro atoms. The molecule has 33 heavy (non-hydrogen) atoms. The molecule has 1 heterocycles. The van der Waals surface area contributed by atoms with E-state index in [1.165, 1.54) is 28.6 Å². The van der Waals surface area contributed by atoms with Crippen molar-refractivity contribution in [3.8, 4) is 11.1 Å². The van der Waals surface area contributed by atoms with E-state index in [1.54, 1.807) is 36.4 Å². The molecule has 0 fully saturated rings. The van der Waals surface area contributed by atoms with Crippen LogP contribution >= 0.6 is 23.4 Å². The lowest BCUT2D eigenvalue weighted by molar-refractivity contribution is -0.137. The summed E-state index contributed by atoms with van der Waals surface area (Å²) in [6.45, 7) is 3.65. The lowest BCUT2D eigenvalue weighted by Crippen LogP contribution is -2.16. The number of alkyl halides is 3. The molecule has 0 unspecified atom stereocenters. The fourth-order valence-corrected chi connectivity index (χ4v) is 4.53. The van der Waals surface area contributed by atoms with Gasteiger partial charge in [-0.2, -0.15) is 23.0 Å². The molecular formula is C25H18ClF3N2OS. The minimum absolute atomic E-state index is 0.353. The topological polar surface area (TPSA) is 34.9 Å². The molecular weight excluding hydrogens is 469 g/mol. The molecule has 0 amide bonds. The van der Waals surface area contributed by atoms with Crippen molar-refractivity contribution in [2.75, 3.05) is 0 Å². The zero-order valence-electron chi connectivity index (χ0n) is 17.7. The first-order valence-electron chi connectivity index (χ1n) is 9.96. The number of hydrogen-bond acceptors (Lipinski definition) is 3. The van der Waals surface area contributed by atoms with Gasteiger partial charge >= 0.3 is 6.18 Å². The Bertz CT molecular complexity index is 1310. The summed E-state index contributed by atoms with van der Waals surface area (Å²) in [5.41, 5.74) is 2.05. The van der Waals surface area contributed by atoms with Crippen LogP contribution in [0.5, 0.6) is 0 Å². The van der Waals surface area contributed by atoms with Gasteiger partial charge in [0.25, 0.3) is 5.91 Å². The Morgan fingerprint density at radius 2 is 1.58 bits per heavy atom. The van der Waals surface area contributed by atoms with Crippen LogP contribution < -0.4 is 0 Å². The normalized spacial score (nSPS) is 11.6. The summed E-state index contributed by atoms with van der Waals surface area (Å²) in [6.07, 6.45) is -4.42. The van der Waals surface area contributed by atoms with Crippen LogP contribution in [-0.2, 0) is 6.18 Å². The van der Waals surface area contributed by atoms with E-state index in [-0.39, 0.29) is 5.91 Å². The zero-order valence-corrected chi connectivity index (χ0v) is 19.2. The fraction of sp³-hybridized carbons (Fsp3) is 0.120. The molecule has 1 aromatic heterocycles. The van der Waals surface area contributed by atoms with Crippen molar-refractivity contribution < 1.29 is 18.0 Å². The van der Waals surface area contributed by atoms with Crippen molar-refractivity contribution in [3.63, 3.8) is 0 Å². The minimum atomic E-state index is -4.42. The van der Waals surface area contributed by atoms with Gasteiger partial charge in [0.2, 0.25) is 0 Å². The van der Waals surface area contributed by atoms with E-state index in [2.05, 4.69) is 5.10 Å². The van der Waals surface area contributed by atoms with Crippen LogP contribution in [0, 0.1) is 13.8 Å². The second-order valence-electron chi connectivity index (χ2n) is 7.39. The lowest BCUT2D eigenvalue weighted by Gasteiger charge is -2.12. The summed E-state index contributed by atoms with van der Waals surface area (Å²) in [6, 6.07) is 19.0. The summed E-state index contributed by atoms with van der Waals surface area (Å²) in [4.78, 5) is 15.3. The largest absolute Gasteiger partial charge is 0.416 e. The van der Waals surface area contributed by atoms with Crippen molar-refractivity contribution in [1.82, 2.24) is 9.78 Å². The Balaban J connectivity index is 1.69. The first-order valence-corrected chi connectivity index (χ1v) is 11.2. The fourth-order valence-electron chi connectivity index (χ4n) is 3.47. The molecule has 4 aromatic rings. The molecule has 3 aromatic carbocycles. The molecule has 0 aliphatic heterocycles. The first-order chi connectivity index (χ1) is 15.6. The SMILES string of the molecule is Cc1nn(C(=O)c2ccccc2-c2ccc(C(F)(F)F)cc2)c(C)c1Sc1ccc(Cl)cc1. The predicted molar refractivity (Wildman–Crippen MR) is 124 cm³/mol. The van der Waals surface area contributed by atoms with Crippen LogP contribution in [0.3, 0.4) is 0 Å². The Kier molecular flexibility index (Phi) is 6.36. The van der Waals surface area contributed by atoms with E-state index in [0.717, 1.165) is 21.9 Å². The quantitative estimate of drug-likeness (QED) is 0.297. The number of aryl methyl sites for hydroxylation is 1. The Morgan fingerprint density at radius 3 is 2.21 bits per heavy atom. The molecule has 0 N–H and O–H groups in total. The predicted octanol–water partition coefficient (Wildman–Crippen LogP) is 7.68. The molecule has 0 aliphatic rings. The number of aromatic nitrogens is 2. The number of hydrogen-bond donors (Lipinski definition) is 0. The van der Waals surface area contributed by atoms with Gasteiger partial charge in [0.05, 0.1) is 21.8 Å². The van der Waals surface area contributed by atoms with Gasteiger partial charge in [-0.3, -0.25) is 4.79 Å². The standard InChI is InChI=1S/C25H18ClF3N2OS/c1-15-23(33-20-13-11-19(26)12-14-20)16(2)31(30-15)24(32)22-6-4-3-5-21(22)17-7-9-18(10-8-17)25(27,28)29/h3-14H,1-2H3. The van der Waals surface area contributed by atoms with Gasteiger partial charge in [0.1, 0.15) is 0 Å². The molecule has 4 rings (SSSR count). The second kappa shape index (κ2) is 9.08. The van der Waals surface area contributed by atoms with Crippen molar-refractivity contribution in [2.24, 2.45) is 0 Å². The third kappa shape index (κ3) is 4.84. The molecule has 0 aliphatic carbocycles. The monoisotopic (exact) mass is 486 g/mol. The highest BCUT2D eigenvalue weighted by atomic mass is 35.5. The van der Waals surface area contributed by atoms with E-state index in [0.29, 0.717) is 33.1 Å². The Hall–Kier alpha value is -3.03. The highest BCUT2D eigenvalue weighted by molar-refractivity contribution is 7.99. The number of carbonyl (C=O) groups is 1. The summed E-state index contributed by atoms with van der Waals surface area (Å²) in [7, 11) is 0. The van der Waals surface area contributed by atoms with Crippen molar-refractivity contribution in [2.45, 2.75) is 29.8 Å². The lowest BCUT2D eigenvalue weighted by atomic mass is 9.98. The summed E-state index contributed by atoms with van der Waals surface area (Å²) < 4.78 is 40.2. The highest BCUT2D eigenvalue weighted by Crippen LogP contribution is 2.35. The van der Waals surface area contributed by atoms with Crippen LogP contribution in [0.4, 0.5) is 13.2 Å². The number of nitrogens with zero attached hydrogens (tertiary/aromatic N) is 2. The molecule has 0 saturated heterocycles. The number of carbonyl (C=O) groups excluding carboxylic acids is 1. The van der Waals surface area contributed by atoms with Gasteiger partial charge in [0, 0.05) is 15.5 Å². The molecule has 0 atom stereocenters. The van der Waals surface area contributed by atoms with E-state index >= 15 is 0 Å². The van der Waals surface area contributed by atoms with Crippen molar-refractivity contribution >= 4 is 29.3 Å². The van der Waals surface area contributed by atoms with Crippen LogP contribution in [-0.4, -0.2) is 15.7 Å². The minimum Gasteiger partial charge on any atom is -0.267 e. The average Bonchev–Trinajstić information content (AvgIpc) is 3.08. The zero-order chi connectivity index (χ0) is 23.8. The third-order valence-corrected chi connectivity index (χ3v) is 6.69. The van der Waals surface area contributed by atoms with Crippen LogP contribution in [0.25, 0.3) is 11.1 Å². The van der Waals surface area contributed by atoms with Gasteiger partial charge in [-0.05, 0) is 67.4 Å². The molecule has 0 bridgehead atoms. The van der Waals surface area contributed by atoms with Gasteiger partial charge in [0.15, 0.2) is 0 Å². The van der Waals surface area contributed by atoms with Gasteiger partial charge in [-0.25, -0.2) is 0 Å². The molecule has 0 saturated carbocycles. The maximum absolute atomic E-state index is 13.4. The highest BCUT2D eigenvalue weighted by Gasteiger charge is 2.30. The van der Waals surface area contributed by atoms with E-state index in [9.17, 15) is 18.0 Å². The van der Waals surface area contributed by atoms with Crippen LogP contribution in [0.2, 0.25) is 5.02 Å². The van der Waals surface area contributed by atoms with E-state index < -0.39 is 11.7 Å². The summed E-state index contributed by atoms with van der Waals surface area (Å²) >= 11 is 7.45. The number of halogens is 4. The van der Waals surface area contributed by atoms with E-state index in [1.807, 2.05) is 26.0 Å². The summed E-state index contributed by atoms with van der Waals surface area (Å²) in [5, 5.41) is 5.09. The second-order valence-corrected chi connectivity index (χ2v) is 8.91. The summed E-state index contributed by atoms with van der Waals surface area (Å²) in [5.74, 6) is -0.353. The molecule has 168 valence electrons. The first kappa shape index (κ1) is 23.1. The van der Waals surface area contributed by atoms with Gasteiger partial charge in [-0.15, -0.1) is 0 Å². The molecule has 3 nitrogen and oxygen atoms in total. The van der Waals surface area contributed by atoms with Crippen LogP contribution in [0.15, 0.2) is 82.6 Å². The van der Waals surface area contributed by atoms with Crippen LogP contribution in [0.1, 0.15) is 27.3 Å². The van der Waals surface area contributed by atoms with Gasteiger partial charge in [-0.1, -0.05) is 53.7 Å². The van der Waals surface area contributed by atoms with Crippen molar-refractivity contribution in [1.29, 1.82) is 0 Å². The Labute approximate surface area is 198 Å². The smallest absolute Gasteiger partial charge is 0.267 e. The molecule has 8 heteroatoms. The Morgan fingerprint density at radius 1 is 0.939 bits per heavy atom.